The largest absolute Gasteiger partial charge is 0.457 e. The summed E-state index contributed by atoms with van der Waals surface area (Å²) in [5.41, 5.74) is 8.33. The monoisotopic (exact) mass is 420 g/mol. The first-order valence-corrected chi connectivity index (χ1v) is 11.3. The standard InChI is InChI=1S/C30H29NO/c1-4-22-6-13-25(14-7-22)27-20-29(19-12-24-10-17-28(31-3)18-11-24)32-30(21-27)26-15-8-23(5-2)9-16-26/h6-21H,4-5H2,1-3H3/p+1. The van der Waals surface area contributed by atoms with Gasteiger partial charge < -0.3 is 4.74 Å². The van der Waals surface area contributed by atoms with Crippen molar-refractivity contribution in [2.75, 3.05) is 7.05 Å². The van der Waals surface area contributed by atoms with Gasteiger partial charge in [0.1, 0.15) is 18.6 Å². The van der Waals surface area contributed by atoms with Crippen LogP contribution in [-0.4, -0.2) is 12.8 Å². The fourth-order valence-corrected chi connectivity index (χ4v) is 3.69. The smallest absolute Gasteiger partial charge is 0.198 e. The minimum Gasteiger partial charge on any atom is -0.457 e. The second-order valence-corrected chi connectivity index (χ2v) is 7.92. The van der Waals surface area contributed by atoms with E-state index in [1.807, 2.05) is 13.1 Å². The number of hydrogen-bond acceptors (Lipinski definition) is 1. The van der Waals surface area contributed by atoms with E-state index < -0.39 is 0 Å². The van der Waals surface area contributed by atoms with Crippen molar-refractivity contribution in [1.82, 2.24) is 0 Å². The van der Waals surface area contributed by atoms with Crippen LogP contribution in [-0.2, 0) is 17.6 Å². The lowest BCUT2D eigenvalue weighted by Gasteiger charge is -2.18. The zero-order chi connectivity index (χ0) is 22.3. The number of aryl methyl sites for hydroxylation is 2. The van der Waals surface area contributed by atoms with Gasteiger partial charge in [0.2, 0.25) is 0 Å². The molecule has 0 saturated heterocycles. The van der Waals surface area contributed by atoms with Crippen LogP contribution in [0.25, 0.3) is 11.3 Å². The lowest BCUT2D eigenvalue weighted by molar-refractivity contribution is -0.417. The summed E-state index contributed by atoms with van der Waals surface area (Å²) in [6, 6.07) is 17.4. The van der Waals surface area contributed by atoms with Crippen molar-refractivity contribution in [2.45, 2.75) is 26.7 Å². The van der Waals surface area contributed by atoms with Crippen LogP contribution in [0.3, 0.4) is 0 Å². The highest BCUT2D eigenvalue weighted by Gasteiger charge is 2.14. The van der Waals surface area contributed by atoms with Crippen molar-refractivity contribution >= 4 is 17.0 Å². The SMILES string of the molecule is CCc1ccc(C2=CC(=CC=C3C=CC(=[NH+]C)C=C3)OC(c3ccc(CC)cc3)=C2)cc1. The number of hydrogen-bond donors (Lipinski definition) is 1. The topological polar surface area (TPSA) is 23.2 Å². The molecule has 0 amide bonds. The predicted molar refractivity (Wildman–Crippen MR) is 135 cm³/mol. The minimum absolute atomic E-state index is 0.828. The van der Waals surface area contributed by atoms with Crippen molar-refractivity contribution in [3.63, 3.8) is 0 Å². The molecule has 1 heterocycles. The number of rotatable bonds is 5. The van der Waals surface area contributed by atoms with Gasteiger partial charge >= 0.3 is 0 Å². The van der Waals surface area contributed by atoms with E-state index in [9.17, 15) is 0 Å². The Labute approximate surface area is 191 Å². The highest BCUT2D eigenvalue weighted by Crippen LogP contribution is 2.32. The van der Waals surface area contributed by atoms with Gasteiger partial charge in [-0.25, -0.2) is 4.99 Å². The molecule has 0 atom stereocenters. The van der Waals surface area contributed by atoms with Gasteiger partial charge in [-0.15, -0.1) is 0 Å². The molecule has 1 N–H and O–H groups in total. The quantitative estimate of drug-likeness (QED) is 0.692. The van der Waals surface area contributed by atoms with Crippen molar-refractivity contribution in [2.24, 2.45) is 0 Å². The van der Waals surface area contributed by atoms with Crippen LogP contribution in [0.2, 0.25) is 0 Å². The second-order valence-electron chi connectivity index (χ2n) is 7.92. The third-order valence-electron chi connectivity index (χ3n) is 5.79. The van der Waals surface area contributed by atoms with E-state index in [1.165, 1.54) is 16.7 Å². The van der Waals surface area contributed by atoms with E-state index >= 15 is 0 Å². The van der Waals surface area contributed by atoms with Crippen LogP contribution < -0.4 is 4.99 Å². The average Bonchev–Trinajstić information content (AvgIpc) is 2.87. The summed E-state index contributed by atoms with van der Waals surface area (Å²) in [6.07, 6.45) is 18.8. The third kappa shape index (κ3) is 5.15. The lowest BCUT2D eigenvalue weighted by atomic mass is 9.98. The van der Waals surface area contributed by atoms with Gasteiger partial charge in [0.25, 0.3) is 0 Å². The van der Waals surface area contributed by atoms with Crippen molar-refractivity contribution in [3.8, 4) is 0 Å². The summed E-state index contributed by atoms with van der Waals surface area (Å²) in [5, 5.41) is 0. The first kappa shape index (κ1) is 21.6. The molecule has 0 saturated carbocycles. The van der Waals surface area contributed by atoms with Gasteiger partial charge in [0.15, 0.2) is 5.71 Å². The Morgan fingerprint density at radius 2 is 1.31 bits per heavy atom. The molecule has 0 unspecified atom stereocenters. The number of ether oxygens (including phenoxy) is 1. The Morgan fingerprint density at radius 3 is 1.88 bits per heavy atom. The van der Waals surface area contributed by atoms with Crippen LogP contribution in [0.4, 0.5) is 0 Å². The molecule has 32 heavy (non-hydrogen) atoms. The van der Waals surface area contributed by atoms with Crippen LogP contribution in [0.5, 0.6) is 0 Å². The Hall–Kier alpha value is -3.65. The predicted octanol–water partition coefficient (Wildman–Crippen LogP) is 5.35. The van der Waals surface area contributed by atoms with Gasteiger partial charge in [-0.1, -0.05) is 68.5 Å². The van der Waals surface area contributed by atoms with Crippen molar-refractivity contribution < 1.29 is 9.73 Å². The molecule has 0 radical (unpaired) electrons. The number of benzene rings is 2. The summed E-state index contributed by atoms with van der Waals surface area (Å²) >= 11 is 0. The Balaban J connectivity index is 1.69. The molecule has 1 aliphatic carbocycles. The van der Waals surface area contributed by atoms with Gasteiger partial charge in [-0.2, -0.15) is 0 Å². The Bertz CT molecular complexity index is 1160. The summed E-state index contributed by atoms with van der Waals surface area (Å²) in [7, 11) is 1.93. The average molecular weight is 421 g/mol. The normalized spacial score (nSPS) is 16.5. The van der Waals surface area contributed by atoms with Gasteiger partial charge in [-0.05, 0) is 71.1 Å². The third-order valence-corrected chi connectivity index (χ3v) is 5.79. The van der Waals surface area contributed by atoms with Gasteiger partial charge in [0, 0.05) is 17.7 Å². The fourth-order valence-electron chi connectivity index (χ4n) is 3.69. The maximum absolute atomic E-state index is 6.31. The summed E-state index contributed by atoms with van der Waals surface area (Å²) in [4.78, 5) is 3.15. The van der Waals surface area contributed by atoms with Gasteiger partial charge in [-0.3, -0.25) is 0 Å². The Morgan fingerprint density at radius 1 is 0.719 bits per heavy atom. The first-order chi connectivity index (χ1) is 15.7. The van der Waals surface area contributed by atoms with Crippen LogP contribution in [0.1, 0.15) is 36.1 Å². The molecule has 2 aliphatic rings. The van der Waals surface area contributed by atoms with E-state index in [-0.39, 0.29) is 0 Å². The molecule has 2 nitrogen and oxygen atoms in total. The highest BCUT2D eigenvalue weighted by molar-refractivity contribution is 6.01. The highest BCUT2D eigenvalue weighted by atomic mass is 16.5. The maximum atomic E-state index is 6.31. The maximum Gasteiger partial charge on any atom is 0.198 e. The molecule has 1 aliphatic heterocycles. The van der Waals surface area contributed by atoms with E-state index in [2.05, 4.69) is 110 Å². The number of nitrogens with one attached hydrogen (secondary N) is 1. The van der Waals surface area contributed by atoms with E-state index in [1.54, 1.807) is 0 Å². The van der Waals surface area contributed by atoms with Crippen LogP contribution >= 0.6 is 0 Å². The molecule has 0 spiro atoms. The molecule has 0 aromatic heterocycles. The number of allylic oxidation sites excluding steroid dienone is 10. The van der Waals surface area contributed by atoms with Crippen LogP contribution in [0.15, 0.2) is 108 Å². The molecule has 2 aromatic rings. The molecule has 4 rings (SSSR count). The van der Waals surface area contributed by atoms with Crippen molar-refractivity contribution in [1.29, 1.82) is 0 Å². The summed E-state index contributed by atoms with van der Waals surface area (Å²) in [5.74, 6) is 1.70. The minimum atomic E-state index is 0.828. The molecule has 0 bridgehead atoms. The van der Waals surface area contributed by atoms with Crippen LogP contribution in [0, 0.1) is 0 Å². The molecule has 160 valence electrons. The van der Waals surface area contributed by atoms with Crippen molar-refractivity contribution in [3.05, 3.63) is 131 Å². The Kier molecular flexibility index (Phi) is 6.81. The fraction of sp³-hybridized carbons (Fsp3) is 0.167. The molecule has 2 aromatic carbocycles. The zero-order valence-electron chi connectivity index (χ0n) is 19.1. The first-order valence-electron chi connectivity index (χ1n) is 11.3. The summed E-state index contributed by atoms with van der Waals surface area (Å²) in [6.45, 7) is 4.35. The second kappa shape index (κ2) is 10.1. The summed E-state index contributed by atoms with van der Waals surface area (Å²) < 4.78 is 6.31. The van der Waals surface area contributed by atoms with E-state index in [4.69, 9.17) is 4.74 Å². The molecular weight excluding hydrogens is 390 g/mol. The lowest BCUT2D eigenvalue weighted by Crippen LogP contribution is -2.67. The van der Waals surface area contributed by atoms with Gasteiger partial charge in [0.05, 0.1) is 0 Å². The van der Waals surface area contributed by atoms with E-state index in [0.29, 0.717) is 0 Å². The molecule has 2 heteroatoms. The zero-order valence-corrected chi connectivity index (χ0v) is 19.1. The molecular formula is C30H30NO+. The van der Waals surface area contributed by atoms with E-state index in [0.717, 1.165) is 46.8 Å². The molecule has 0 fully saturated rings.